The zero-order valence-corrected chi connectivity index (χ0v) is 12.6. The number of allylic oxidation sites excluding steroid dienone is 1. The van der Waals surface area contributed by atoms with Crippen LogP contribution < -0.4 is 10.2 Å². The van der Waals surface area contributed by atoms with Gasteiger partial charge in [-0.25, -0.2) is 0 Å². The molecule has 0 aromatic carbocycles. The molecule has 1 N–H and O–H groups in total. The van der Waals surface area contributed by atoms with Crippen LogP contribution in [0, 0.1) is 6.92 Å². The number of aromatic nitrogens is 1. The van der Waals surface area contributed by atoms with Gasteiger partial charge in [0.1, 0.15) is 0 Å². The van der Waals surface area contributed by atoms with E-state index in [9.17, 15) is 0 Å². The fourth-order valence-corrected chi connectivity index (χ4v) is 2.06. The van der Waals surface area contributed by atoms with Crippen LogP contribution in [0.25, 0.3) is 0 Å². The SMILES string of the molecule is C=CCCCN(C)c1cc(C)ncc1CNCCC. The van der Waals surface area contributed by atoms with Gasteiger partial charge in [-0.15, -0.1) is 6.58 Å². The topological polar surface area (TPSA) is 28.2 Å². The first-order valence-electron chi connectivity index (χ1n) is 7.17. The van der Waals surface area contributed by atoms with Crippen molar-refractivity contribution in [3.63, 3.8) is 0 Å². The van der Waals surface area contributed by atoms with E-state index >= 15 is 0 Å². The van der Waals surface area contributed by atoms with Crippen LogP contribution in [0.5, 0.6) is 0 Å². The molecule has 1 heterocycles. The molecule has 0 unspecified atom stereocenters. The predicted octanol–water partition coefficient (Wildman–Crippen LogP) is 3.29. The Hall–Kier alpha value is -1.35. The van der Waals surface area contributed by atoms with Crippen molar-refractivity contribution in [2.75, 3.05) is 25.0 Å². The van der Waals surface area contributed by atoms with E-state index in [-0.39, 0.29) is 0 Å². The minimum absolute atomic E-state index is 0.891. The Balaban J connectivity index is 2.71. The van der Waals surface area contributed by atoms with E-state index in [0.717, 1.165) is 44.6 Å². The highest BCUT2D eigenvalue weighted by molar-refractivity contribution is 5.53. The average Bonchev–Trinajstić information content (AvgIpc) is 2.40. The summed E-state index contributed by atoms with van der Waals surface area (Å²) in [6.07, 6.45) is 7.34. The van der Waals surface area contributed by atoms with Crippen molar-refractivity contribution in [2.24, 2.45) is 0 Å². The van der Waals surface area contributed by atoms with Crippen LogP contribution in [-0.2, 0) is 6.54 Å². The van der Waals surface area contributed by atoms with Crippen LogP contribution in [-0.4, -0.2) is 25.1 Å². The first-order chi connectivity index (χ1) is 9.19. The minimum Gasteiger partial charge on any atom is -0.374 e. The molecular weight excluding hydrogens is 234 g/mol. The van der Waals surface area contributed by atoms with Gasteiger partial charge in [-0.05, 0) is 38.8 Å². The summed E-state index contributed by atoms with van der Waals surface area (Å²) in [6, 6.07) is 2.18. The molecule has 3 nitrogen and oxygen atoms in total. The zero-order valence-electron chi connectivity index (χ0n) is 12.6. The number of hydrogen-bond donors (Lipinski definition) is 1. The number of aryl methyl sites for hydroxylation is 1. The highest BCUT2D eigenvalue weighted by atomic mass is 15.1. The van der Waals surface area contributed by atoms with Crippen molar-refractivity contribution in [1.82, 2.24) is 10.3 Å². The van der Waals surface area contributed by atoms with Gasteiger partial charge in [0.2, 0.25) is 0 Å². The maximum absolute atomic E-state index is 4.41. The molecule has 0 fully saturated rings. The second-order valence-corrected chi connectivity index (χ2v) is 4.98. The van der Waals surface area contributed by atoms with E-state index in [2.05, 4.69) is 41.8 Å². The number of unbranched alkanes of at least 4 members (excludes halogenated alkanes) is 1. The lowest BCUT2D eigenvalue weighted by Crippen LogP contribution is -2.22. The monoisotopic (exact) mass is 261 g/mol. The van der Waals surface area contributed by atoms with Gasteiger partial charge in [0, 0.05) is 43.3 Å². The van der Waals surface area contributed by atoms with Gasteiger partial charge in [-0.2, -0.15) is 0 Å². The third-order valence-corrected chi connectivity index (χ3v) is 3.15. The number of nitrogens with one attached hydrogen (secondary N) is 1. The molecule has 0 saturated carbocycles. The molecule has 0 aliphatic carbocycles. The molecule has 1 rings (SSSR count). The lowest BCUT2D eigenvalue weighted by molar-refractivity contribution is 0.671. The third kappa shape index (κ3) is 5.43. The zero-order chi connectivity index (χ0) is 14.1. The lowest BCUT2D eigenvalue weighted by atomic mass is 10.1. The van der Waals surface area contributed by atoms with E-state index in [1.165, 1.54) is 11.3 Å². The van der Waals surface area contributed by atoms with Gasteiger partial charge in [0.15, 0.2) is 0 Å². The summed E-state index contributed by atoms with van der Waals surface area (Å²) >= 11 is 0. The van der Waals surface area contributed by atoms with Gasteiger partial charge in [0.25, 0.3) is 0 Å². The van der Waals surface area contributed by atoms with Crippen LogP contribution in [0.15, 0.2) is 24.9 Å². The van der Waals surface area contributed by atoms with Crippen LogP contribution in [0.2, 0.25) is 0 Å². The molecule has 0 aliphatic heterocycles. The summed E-state index contributed by atoms with van der Waals surface area (Å²) in [5.41, 5.74) is 3.64. The molecule has 0 aliphatic rings. The number of rotatable bonds is 9. The van der Waals surface area contributed by atoms with E-state index in [4.69, 9.17) is 0 Å². The van der Waals surface area contributed by atoms with Crippen molar-refractivity contribution >= 4 is 5.69 Å². The second kappa shape index (κ2) is 8.70. The Morgan fingerprint density at radius 1 is 1.47 bits per heavy atom. The summed E-state index contributed by atoms with van der Waals surface area (Å²) in [5.74, 6) is 0. The first-order valence-corrected chi connectivity index (χ1v) is 7.17. The summed E-state index contributed by atoms with van der Waals surface area (Å²) in [5, 5.41) is 3.45. The number of nitrogens with zero attached hydrogens (tertiary/aromatic N) is 2. The smallest absolute Gasteiger partial charge is 0.0442 e. The predicted molar refractivity (Wildman–Crippen MR) is 83.7 cm³/mol. The van der Waals surface area contributed by atoms with Gasteiger partial charge in [0.05, 0.1) is 0 Å². The van der Waals surface area contributed by atoms with Crippen molar-refractivity contribution in [1.29, 1.82) is 0 Å². The summed E-state index contributed by atoms with van der Waals surface area (Å²) in [6.45, 7) is 11.0. The Bertz CT molecular complexity index is 388. The highest BCUT2D eigenvalue weighted by Gasteiger charge is 2.08. The molecule has 1 aromatic heterocycles. The molecule has 0 atom stereocenters. The molecule has 0 saturated heterocycles. The van der Waals surface area contributed by atoms with Crippen molar-refractivity contribution in [2.45, 2.75) is 39.7 Å². The summed E-state index contributed by atoms with van der Waals surface area (Å²) in [7, 11) is 2.15. The van der Waals surface area contributed by atoms with Crippen molar-refractivity contribution in [3.8, 4) is 0 Å². The number of hydrogen-bond acceptors (Lipinski definition) is 3. The standard InChI is InChI=1S/C16H27N3/c1-5-7-8-10-19(4)16-11-14(3)18-13-15(16)12-17-9-6-2/h5,11,13,17H,1,6-10,12H2,2-4H3. The maximum atomic E-state index is 4.41. The Kier molecular flexibility index (Phi) is 7.19. The number of pyridine rings is 1. The largest absolute Gasteiger partial charge is 0.374 e. The normalized spacial score (nSPS) is 10.5. The van der Waals surface area contributed by atoms with Crippen LogP contribution in [0.1, 0.15) is 37.4 Å². The minimum atomic E-state index is 0.891. The molecule has 3 heteroatoms. The molecular formula is C16H27N3. The molecule has 106 valence electrons. The summed E-state index contributed by atoms with van der Waals surface area (Å²) < 4.78 is 0. The number of anilines is 1. The Morgan fingerprint density at radius 3 is 2.95 bits per heavy atom. The molecule has 0 bridgehead atoms. The molecule has 0 radical (unpaired) electrons. The third-order valence-electron chi connectivity index (χ3n) is 3.15. The van der Waals surface area contributed by atoms with Crippen molar-refractivity contribution < 1.29 is 0 Å². The van der Waals surface area contributed by atoms with E-state index in [0.29, 0.717) is 0 Å². The molecule has 19 heavy (non-hydrogen) atoms. The van der Waals surface area contributed by atoms with E-state index < -0.39 is 0 Å². The quantitative estimate of drug-likeness (QED) is 0.546. The Labute approximate surface area is 117 Å². The van der Waals surface area contributed by atoms with Crippen LogP contribution in [0.3, 0.4) is 0 Å². The molecule has 1 aromatic rings. The van der Waals surface area contributed by atoms with Gasteiger partial charge in [-0.3, -0.25) is 4.98 Å². The maximum Gasteiger partial charge on any atom is 0.0442 e. The highest BCUT2D eigenvalue weighted by Crippen LogP contribution is 2.20. The van der Waals surface area contributed by atoms with Gasteiger partial charge >= 0.3 is 0 Å². The van der Waals surface area contributed by atoms with E-state index in [1.807, 2.05) is 19.2 Å². The van der Waals surface area contributed by atoms with Crippen molar-refractivity contribution in [3.05, 3.63) is 36.2 Å². The Morgan fingerprint density at radius 2 is 2.26 bits per heavy atom. The molecule has 0 amide bonds. The van der Waals surface area contributed by atoms with Crippen LogP contribution >= 0.6 is 0 Å². The van der Waals surface area contributed by atoms with Gasteiger partial charge < -0.3 is 10.2 Å². The lowest BCUT2D eigenvalue weighted by Gasteiger charge is -2.22. The molecule has 0 spiro atoms. The fourth-order valence-electron chi connectivity index (χ4n) is 2.06. The fraction of sp³-hybridized carbons (Fsp3) is 0.562. The van der Waals surface area contributed by atoms with E-state index in [1.54, 1.807) is 0 Å². The summed E-state index contributed by atoms with van der Waals surface area (Å²) in [4.78, 5) is 6.74. The first kappa shape index (κ1) is 15.7. The second-order valence-electron chi connectivity index (χ2n) is 4.98. The average molecular weight is 261 g/mol. The van der Waals surface area contributed by atoms with Gasteiger partial charge in [-0.1, -0.05) is 13.0 Å². The van der Waals surface area contributed by atoms with Crippen LogP contribution in [0.4, 0.5) is 5.69 Å².